The van der Waals surface area contributed by atoms with Crippen LogP contribution in [0.4, 0.5) is 0 Å². The van der Waals surface area contributed by atoms with Crippen molar-refractivity contribution in [2.24, 2.45) is 5.41 Å². The van der Waals surface area contributed by atoms with Crippen molar-refractivity contribution >= 4 is 5.78 Å². The van der Waals surface area contributed by atoms with Crippen LogP contribution in [-0.2, 0) is 9.53 Å². The molecule has 0 bridgehead atoms. The lowest BCUT2D eigenvalue weighted by atomic mass is 9.73. The Kier molecular flexibility index (Phi) is 3.59. The van der Waals surface area contributed by atoms with Gasteiger partial charge in [0.2, 0.25) is 0 Å². The first-order valence-electron chi connectivity index (χ1n) is 5.92. The highest BCUT2D eigenvalue weighted by molar-refractivity contribution is 5.75. The Morgan fingerprint density at radius 3 is 2.53 bits per heavy atom. The number of ether oxygens (including phenoxy) is 1. The highest BCUT2D eigenvalue weighted by Gasteiger charge is 2.42. The van der Waals surface area contributed by atoms with Gasteiger partial charge in [-0.05, 0) is 38.5 Å². The van der Waals surface area contributed by atoms with Crippen LogP contribution in [0.2, 0.25) is 0 Å². The Morgan fingerprint density at radius 1 is 1.47 bits per heavy atom. The van der Waals surface area contributed by atoms with E-state index in [2.05, 4.69) is 27.7 Å². The summed E-state index contributed by atoms with van der Waals surface area (Å²) in [5.41, 5.74) is 0.0633. The fourth-order valence-corrected chi connectivity index (χ4v) is 2.17. The maximum Gasteiger partial charge on any atom is 0.132 e. The van der Waals surface area contributed by atoms with Crippen LogP contribution in [0.15, 0.2) is 0 Å². The van der Waals surface area contributed by atoms with Crippen LogP contribution >= 0.6 is 0 Å². The summed E-state index contributed by atoms with van der Waals surface area (Å²) in [5.74, 6) is 0.234. The lowest BCUT2D eigenvalue weighted by Crippen LogP contribution is -2.48. The van der Waals surface area contributed by atoms with E-state index in [0.29, 0.717) is 6.42 Å². The van der Waals surface area contributed by atoms with Gasteiger partial charge in [-0.1, -0.05) is 20.8 Å². The van der Waals surface area contributed by atoms with Gasteiger partial charge in [0.25, 0.3) is 0 Å². The first kappa shape index (κ1) is 12.7. The highest BCUT2D eigenvalue weighted by Crippen LogP contribution is 2.42. The molecule has 1 rings (SSSR count). The molecule has 88 valence electrons. The number of rotatable bonds is 2. The van der Waals surface area contributed by atoms with Gasteiger partial charge in [-0.15, -0.1) is 0 Å². The molecule has 1 fully saturated rings. The quantitative estimate of drug-likeness (QED) is 0.701. The minimum Gasteiger partial charge on any atom is -0.371 e. The number of hydrogen-bond donors (Lipinski definition) is 0. The van der Waals surface area contributed by atoms with E-state index in [1.54, 1.807) is 6.92 Å². The SMILES string of the molecule is CC(=O)C[C@@H]1CCC[C@](C)(C(C)(C)C)O1. The van der Waals surface area contributed by atoms with Crippen LogP contribution in [-0.4, -0.2) is 17.5 Å². The third kappa shape index (κ3) is 3.04. The molecule has 0 unspecified atom stereocenters. The van der Waals surface area contributed by atoms with Crippen LogP contribution in [0.25, 0.3) is 0 Å². The van der Waals surface area contributed by atoms with Gasteiger partial charge < -0.3 is 4.74 Å². The van der Waals surface area contributed by atoms with Gasteiger partial charge in [0, 0.05) is 6.42 Å². The first-order valence-corrected chi connectivity index (χ1v) is 5.92. The zero-order valence-electron chi connectivity index (χ0n) is 10.7. The molecule has 1 saturated heterocycles. The molecule has 1 aliphatic heterocycles. The standard InChI is InChI=1S/C13H24O2/c1-10(14)9-11-7-6-8-13(5,15-11)12(2,3)4/h11H,6-9H2,1-5H3/t11-,13+/m0/s1. The van der Waals surface area contributed by atoms with E-state index in [1.165, 1.54) is 6.42 Å². The Morgan fingerprint density at radius 2 is 2.07 bits per heavy atom. The minimum absolute atomic E-state index is 0.0780. The summed E-state index contributed by atoms with van der Waals surface area (Å²) in [6.45, 7) is 10.5. The molecule has 0 aliphatic carbocycles. The molecule has 0 aromatic rings. The van der Waals surface area contributed by atoms with E-state index in [1.807, 2.05) is 0 Å². The summed E-state index contributed by atoms with van der Waals surface area (Å²) >= 11 is 0. The van der Waals surface area contributed by atoms with Gasteiger partial charge in [-0.25, -0.2) is 0 Å². The smallest absolute Gasteiger partial charge is 0.132 e. The zero-order chi connectivity index (χ0) is 11.7. The molecule has 2 heteroatoms. The van der Waals surface area contributed by atoms with Crippen molar-refractivity contribution in [1.29, 1.82) is 0 Å². The van der Waals surface area contributed by atoms with Crippen LogP contribution < -0.4 is 0 Å². The van der Waals surface area contributed by atoms with E-state index in [0.717, 1.165) is 12.8 Å². The van der Waals surface area contributed by atoms with Gasteiger partial charge in [0.05, 0.1) is 11.7 Å². The average Bonchev–Trinajstić information content (AvgIpc) is 2.00. The molecular weight excluding hydrogens is 188 g/mol. The predicted octanol–water partition coefficient (Wildman–Crippen LogP) is 3.34. The Balaban J connectivity index is 2.67. The van der Waals surface area contributed by atoms with Crippen LogP contribution in [0.1, 0.15) is 60.3 Å². The third-order valence-electron chi connectivity index (χ3n) is 3.71. The summed E-state index contributed by atoms with van der Waals surface area (Å²) in [7, 11) is 0. The fourth-order valence-electron chi connectivity index (χ4n) is 2.17. The zero-order valence-corrected chi connectivity index (χ0v) is 10.7. The third-order valence-corrected chi connectivity index (χ3v) is 3.71. The lowest BCUT2D eigenvalue weighted by Gasteiger charge is -2.47. The molecule has 1 heterocycles. The monoisotopic (exact) mass is 212 g/mol. The molecule has 2 nitrogen and oxygen atoms in total. The second-order valence-corrected chi connectivity index (χ2v) is 6.02. The summed E-state index contributed by atoms with van der Waals surface area (Å²) in [6.07, 6.45) is 4.02. The number of Topliss-reactive ketones (excluding diaryl/α,β-unsaturated/α-hetero) is 1. The molecular formula is C13H24O2. The second kappa shape index (κ2) is 4.25. The van der Waals surface area contributed by atoms with Gasteiger partial charge >= 0.3 is 0 Å². The van der Waals surface area contributed by atoms with E-state index < -0.39 is 0 Å². The van der Waals surface area contributed by atoms with Crippen molar-refractivity contribution < 1.29 is 9.53 Å². The van der Waals surface area contributed by atoms with Gasteiger partial charge in [0.1, 0.15) is 5.78 Å². The van der Waals surface area contributed by atoms with Crippen molar-refractivity contribution in [1.82, 2.24) is 0 Å². The van der Waals surface area contributed by atoms with Crippen LogP contribution in [0, 0.1) is 5.41 Å². The second-order valence-electron chi connectivity index (χ2n) is 6.02. The molecule has 0 aromatic heterocycles. The molecule has 0 spiro atoms. The van der Waals surface area contributed by atoms with E-state index in [4.69, 9.17) is 4.74 Å². The summed E-state index contributed by atoms with van der Waals surface area (Å²) in [6, 6.07) is 0. The van der Waals surface area contributed by atoms with Gasteiger partial charge in [0.15, 0.2) is 0 Å². The summed E-state index contributed by atoms with van der Waals surface area (Å²) in [4.78, 5) is 11.1. The van der Waals surface area contributed by atoms with Crippen molar-refractivity contribution in [2.75, 3.05) is 0 Å². The maximum atomic E-state index is 11.1. The van der Waals surface area contributed by atoms with Crippen molar-refractivity contribution in [2.45, 2.75) is 72.0 Å². The highest BCUT2D eigenvalue weighted by atomic mass is 16.5. The molecule has 15 heavy (non-hydrogen) atoms. The average molecular weight is 212 g/mol. The number of carbonyl (C=O) groups excluding carboxylic acids is 1. The first-order chi connectivity index (χ1) is 6.74. The van der Waals surface area contributed by atoms with Crippen molar-refractivity contribution in [3.8, 4) is 0 Å². The topological polar surface area (TPSA) is 26.3 Å². The lowest BCUT2D eigenvalue weighted by molar-refractivity contribution is -0.174. The minimum atomic E-state index is -0.0780. The van der Waals surface area contributed by atoms with Gasteiger partial charge in [-0.3, -0.25) is 4.79 Å². The van der Waals surface area contributed by atoms with Crippen LogP contribution in [0.5, 0.6) is 0 Å². The van der Waals surface area contributed by atoms with E-state index >= 15 is 0 Å². The van der Waals surface area contributed by atoms with Crippen molar-refractivity contribution in [3.63, 3.8) is 0 Å². The Labute approximate surface area is 93.4 Å². The normalized spacial score (nSPS) is 32.7. The predicted molar refractivity (Wildman–Crippen MR) is 61.9 cm³/mol. The summed E-state index contributed by atoms with van der Waals surface area (Å²) < 4.78 is 6.13. The molecule has 0 N–H and O–H groups in total. The molecule has 0 saturated carbocycles. The maximum absolute atomic E-state index is 11.1. The van der Waals surface area contributed by atoms with E-state index in [9.17, 15) is 4.79 Å². The largest absolute Gasteiger partial charge is 0.371 e. The number of ketones is 1. The Bertz CT molecular complexity index is 239. The number of carbonyl (C=O) groups is 1. The molecule has 1 aliphatic rings. The van der Waals surface area contributed by atoms with Crippen molar-refractivity contribution in [3.05, 3.63) is 0 Å². The molecule has 0 aromatic carbocycles. The van der Waals surface area contributed by atoms with E-state index in [-0.39, 0.29) is 22.9 Å². The van der Waals surface area contributed by atoms with Crippen LogP contribution in [0.3, 0.4) is 0 Å². The molecule has 0 radical (unpaired) electrons. The number of hydrogen-bond acceptors (Lipinski definition) is 2. The molecule has 0 amide bonds. The fraction of sp³-hybridized carbons (Fsp3) is 0.923. The Hall–Kier alpha value is -0.370. The van der Waals surface area contributed by atoms with Gasteiger partial charge in [-0.2, -0.15) is 0 Å². The summed E-state index contributed by atoms with van der Waals surface area (Å²) in [5, 5.41) is 0. The molecule has 2 atom stereocenters.